The SMILES string of the molecule is CCOC(=O)c1c(NC(=O)CC[NH+]2CCOCC2)sc2c1CCC(C)C2. The number of hydrogen-bond acceptors (Lipinski definition) is 5. The molecule has 6 nitrogen and oxygen atoms in total. The Morgan fingerprint density at radius 2 is 2.12 bits per heavy atom. The van der Waals surface area contributed by atoms with E-state index in [-0.39, 0.29) is 11.9 Å². The summed E-state index contributed by atoms with van der Waals surface area (Å²) in [6, 6.07) is 0. The van der Waals surface area contributed by atoms with Crippen LogP contribution in [0.2, 0.25) is 0 Å². The number of carbonyl (C=O) groups is 2. The summed E-state index contributed by atoms with van der Waals surface area (Å²) in [4.78, 5) is 27.6. The van der Waals surface area contributed by atoms with Gasteiger partial charge in [-0.15, -0.1) is 11.3 Å². The molecule has 2 N–H and O–H groups in total. The minimum Gasteiger partial charge on any atom is -0.462 e. The van der Waals surface area contributed by atoms with E-state index < -0.39 is 0 Å². The number of rotatable bonds is 6. The van der Waals surface area contributed by atoms with Crippen molar-refractivity contribution in [1.29, 1.82) is 0 Å². The van der Waals surface area contributed by atoms with E-state index in [1.807, 2.05) is 6.92 Å². The number of fused-ring (bicyclic) bond motifs is 1. The minimum atomic E-state index is -0.311. The maximum absolute atomic E-state index is 12.5. The van der Waals surface area contributed by atoms with Crippen LogP contribution in [0.5, 0.6) is 0 Å². The molecule has 7 heteroatoms. The van der Waals surface area contributed by atoms with Crippen LogP contribution in [0.15, 0.2) is 0 Å². The van der Waals surface area contributed by atoms with E-state index in [9.17, 15) is 9.59 Å². The summed E-state index contributed by atoms with van der Waals surface area (Å²) in [7, 11) is 0. The van der Waals surface area contributed by atoms with Gasteiger partial charge in [0.15, 0.2) is 0 Å². The summed E-state index contributed by atoms with van der Waals surface area (Å²) in [5.41, 5.74) is 1.67. The van der Waals surface area contributed by atoms with Crippen molar-refractivity contribution in [2.45, 2.75) is 39.5 Å². The lowest BCUT2D eigenvalue weighted by atomic mass is 9.88. The molecule has 0 bridgehead atoms. The third kappa shape index (κ3) is 4.64. The molecule has 2 aliphatic rings. The van der Waals surface area contributed by atoms with E-state index in [1.54, 1.807) is 11.3 Å². The van der Waals surface area contributed by atoms with Gasteiger partial charge in [-0.2, -0.15) is 0 Å². The van der Waals surface area contributed by atoms with Gasteiger partial charge in [0.25, 0.3) is 0 Å². The molecular formula is C19H29N2O4S+. The van der Waals surface area contributed by atoms with Gasteiger partial charge in [0.2, 0.25) is 5.91 Å². The van der Waals surface area contributed by atoms with Crippen molar-refractivity contribution in [2.24, 2.45) is 5.92 Å². The zero-order valence-electron chi connectivity index (χ0n) is 15.7. The number of ether oxygens (including phenoxy) is 2. The number of esters is 1. The van der Waals surface area contributed by atoms with Crippen LogP contribution < -0.4 is 10.2 Å². The summed E-state index contributed by atoms with van der Waals surface area (Å²) in [6.07, 6.45) is 3.38. The number of quaternary nitrogens is 1. The number of carbonyl (C=O) groups excluding carboxylic acids is 2. The summed E-state index contributed by atoms with van der Waals surface area (Å²) < 4.78 is 10.6. The highest BCUT2D eigenvalue weighted by Crippen LogP contribution is 2.40. The Labute approximate surface area is 158 Å². The zero-order valence-corrected chi connectivity index (χ0v) is 16.5. The third-order valence-electron chi connectivity index (χ3n) is 5.15. The van der Waals surface area contributed by atoms with Gasteiger partial charge in [0, 0.05) is 4.88 Å². The van der Waals surface area contributed by atoms with Crippen molar-refractivity contribution in [2.75, 3.05) is 44.8 Å². The molecule has 0 radical (unpaired) electrons. The molecule has 1 fully saturated rings. The van der Waals surface area contributed by atoms with Gasteiger partial charge in [-0.3, -0.25) is 4.79 Å². The Hall–Kier alpha value is -1.44. The summed E-state index contributed by atoms with van der Waals surface area (Å²) in [5.74, 6) is 0.277. The van der Waals surface area contributed by atoms with Crippen LogP contribution in [0.3, 0.4) is 0 Å². The third-order valence-corrected chi connectivity index (χ3v) is 6.32. The Kier molecular flexibility index (Phi) is 6.67. The molecule has 3 rings (SSSR count). The molecule has 1 unspecified atom stereocenters. The van der Waals surface area contributed by atoms with Crippen molar-refractivity contribution in [3.8, 4) is 0 Å². The van der Waals surface area contributed by atoms with Gasteiger partial charge < -0.3 is 19.7 Å². The van der Waals surface area contributed by atoms with Gasteiger partial charge in [-0.05, 0) is 37.7 Å². The molecule has 1 aliphatic carbocycles. The molecule has 1 atom stereocenters. The molecular weight excluding hydrogens is 352 g/mol. The monoisotopic (exact) mass is 381 g/mol. The van der Waals surface area contributed by atoms with Crippen molar-refractivity contribution in [1.82, 2.24) is 0 Å². The first-order valence-corrected chi connectivity index (χ1v) is 10.4. The van der Waals surface area contributed by atoms with Gasteiger partial charge in [-0.1, -0.05) is 6.92 Å². The van der Waals surface area contributed by atoms with Gasteiger partial charge >= 0.3 is 5.97 Å². The van der Waals surface area contributed by atoms with E-state index in [0.29, 0.717) is 29.5 Å². The summed E-state index contributed by atoms with van der Waals surface area (Å²) in [5, 5.41) is 3.67. The number of morpholine rings is 1. The van der Waals surface area contributed by atoms with E-state index in [1.165, 1.54) is 9.78 Å². The number of amides is 1. The first-order valence-electron chi connectivity index (χ1n) is 9.61. The maximum Gasteiger partial charge on any atom is 0.341 e. The second-order valence-electron chi connectivity index (χ2n) is 7.19. The topological polar surface area (TPSA) is 69.1 Å². The predicted molar refractivity (Wildman–Crippen MR) is 101 cm³/mol. The van der Waals surface area contributed by atoms with E-state index in [2.05, 4.69) is 12.2 Å². The van der Waals surface area contributed by atoms with Crippen LogP contribution >= 0.6 is 11.3 Å². The highest BCUT2D eigenvalue weighted by molar-refractivity contribution is 7.17. The molecule has 2 heterocycles. The van der Waals surface area contributed by atoms with Gasteiger partial charge in [-0.25, -0.2) is 4.79 Å². The van der Waals surface area contributed by atoms with Crippen LogP contribution in [-0.2, 0) is 27.1 Å². The second-order valence-corrected chi connectivity index (χ2v) is 8.29. The fraction of sp³-hybridized carbons (Fsp3) is 0.684. The van der Waals surface area contributed by atoms with Gasteiger partial charge in [0.1, 0.15) is 18.1 Å². The van der Waals surface area contributed by atoms with E-state index >= 15 is 0 Å². The van der Waals surface area contributed by atoms with Gasteiger partial charge in [0.05, 0.1) is 38.3 Å². The second kappa shape index (κ2) is 8.97. The first kappa shape index (κ1) is 19.3. The van der Waals surface area contributed by atoms with E-state index in [4.69, 9.17) is 9.47 Å². The van der Waals surface area contributed by atoms with Crippen LogP contribution in [0.4, 0.5) is 5.00 Å². The van der Waals surface area contributed by atoms with Crippen molar-refractivity contribution in [3.05, 3.63) is 16.0 Å². The largest absolute Gasteiger partial charge is 0.462 e. The average Bonchev–Trinajstić information content (AvgIpc) is 2.98. The van der Waals surface area contributed by atoms with Crippen molar-refractivity contribution < 1.29 is 24.0 Å². The zero-order chi connectivity index (χ0) is 18.5. The quantitative estimate of drug-likeness (QED) is 0.729. The molecule has 1 amide bonds. The lowest BCUT2D eigenvalue weighted by molar-refractivity contribution is -0.907. The fourth-order valence-electron chi connectivity index (χ4n) is 3.65. The first-order chi connectivity index (χ1) is 12.6. The Morgan fingerprint density at radius 1 is 1.35 bits per heavy atom. The number of hydrogen-bond donors (Lipinski definition) is 2. The summed E-state index contributed by atoms with van der Waals surface area (Å²) >= 11 is 1.55. The molecule has 1 aliphatic heterocycles. The minimum absolute atomic E-state index is 0.0267. The molecule has 0 saturated carbocycles. The number of nitrogens with one attached hydrogen (secondary N) is 2. The molecule has 144 valence electrons. The number of thiophene rings is 1. The highest BCUT2D eigenvalue weighted by Gasteiger charge is 2.29. The smallest absolute Gasteiger partial charge is 0.341 e. The van der Waals surface area contributed by atoms with Crippen LogP contribution in [0, 0.1) is 5.92 Å². The normalized spacial score (nSPS) is 20.5. The van der Waals surface area contributed by atoms with Crippen LogP contribution in [0.25, 0.3) is 0 Å². The average molecular weight is 382 g/mol. The molecule has 1 aromatic heterocycles. The Balaban J connectivity index is 1.69. The van der Waals surface area contributed by atoms with Crippen molar-refractivity contribution in [3.63, 3.8) is 0 Å². The Bertz CT molecular complexity index is 652. The molecule has 1 saturated heterocycles. The van der Waals surface area contributed by atoms with Crippen molar-refractivity contribution >= 4 is 28.2 Å². The molecule has 0 spiro atoms. The number of anilines is 1. The maximum atomic E-state index is 12.5. The lowest BCUT2D eigenvalue weighted by Crippen LogP contribution is -3.14. The predicted octanol–water partition coefficient (Wildman–Crippen LogP) is 1.29. The fourth-order valence-corrected chi connectivity index (χ4v) is 5.06. The van der Waals surface area contributed by atoms with E-state index in [0.717, 1.165) is 57.7 Å². The van der Waals surface area contributed by atoms with Crippen LogP contribution in [-0.4, -0.2) is 51.3 Å². The van der Waals surface area contributed by atoms with Crippen LogP contribution in [0.1, 0.15) is 47.5 Å². The molecule has 0 aromatic carbocycles. The summed E-state index contributed by atoms with van der Waals surface area (Å²) in [6.45, 7) is 8.61. The lowest BCUT2D eigenvalue weighted by Gasteiger charge is -2.23. The molecule has 26 heavy (non-hydrogen) atoms. The highest BCUT2D eigenvalue weighted by atomic mass is 32.1. The standard InChI is InChI=1S/C19H28N2O4S/c1-3-25-19(23)17-14-5-4-13(2)12-15(14)26-18(17)20-16(22)6-7-21-8-10-24-11-9-21/h13H,3-12H2,1-2H3,(H,20,22)/p+1. The molecule has 1 aromatic rings. The Morgan fingerprint density at radius 3 is 2.85 bits per heavy atom.